The lowest BCUT2D eigenvalue weighted by Crippen LogP contribution is -2.14. The predicted molar refractivity (Wildman–Crippen MR) is 131 cm³/mol. The molecule has 0 fully saturated rings. The second kappa shape index (κ2) is 11.0. The molecule has 4 rings (SSSR count). The number of rotatable bonds is 8. The summed E-state index contributed by atoms with van der Waals surface area (Å²) in [5.74, 6) is -0.0165. The van der Waals surface area contributed by atoms with Crippen LogP contribution in [-0.2, 0) is 11.2 Å². The van der Waals surface area contributed by atoms with Crippen LogP contribution >= 0.6 is 0 Å². The highest BCUT2D eigenvalue weighted by Gasteiger charge is 2.11. The van der Waals surface area contributed by atoms with Crippen LogP contribution in [0.15, 0.2) is 91.1 Å². The van der Waals surface area contributed by atoms with Crippen LogP contribution in [0.2, 0.25) is 0 Å². The van der Waals surface area contributed by atoms with Crippen LogP contribution in [0.3, 0.4) is 0 Å². The van der Waals surface area contributed by atoms with Gasteiger partial charge in [0.2, 0.25) is 5.91 Å². The quantitative estimate of drug-likeness (QED) is 0.346. The lowest BCUT2D eigenvalue weighted by atomic mass is 10.1. The Morgan fingerprint density at radius 1 is 0.879 bits per heavy atom. The van der Waals surface area contributed by atoms with E-state index in [0.29, 0.717) is 23.6 Å². The van der Waals surface area contributed by atoms with Crippen molar-refractivity contribution >= 4 is 23.9 Å². The normalized spacial score (nSPS) is 10.9. The lowest BCUT2D eigenvalue weighted by molar-refractivity contribution is -0.116. The van der Waals surface area contributed by atoms with Crippen molar-refractivity contribution < 1.29 is 9.18 Å². The molecule has 0 saturated heterocycles. The smallest absolute Gasteiger partial charge is 0.225 e. The van der Waals surface area contributed by atoms with E-state index in [4.69, 9.17) is 0 Å². The minimum Gasteiger partial charge on any atom is -0.309 e. The van der Waals surface area contributed by atoms with Crippen molar-refractivity contribution in [2.24, 2.45) is 0 Å². The van der Waals surface area contributed by atoms with Crippen LogP contribution in [0, 0.1) is 5.82 Å². The molecular weight excluding hydrogens is 413 g/mol. The summed E-state index contributed by atoms with van der Waals surface area (Å²) in [5, 5.41) is 2.90. The Morgan fingerprint density at radius 2 is 1.58 bits per heavy atom. The highest BCUT2D eigenvalue weighted by molar-refractivity contribution is 5.92. The predicted octanol–water partition coefficient (Wildman–Crippen LogP) is 6.41. The number of aromatic nitrogens is 2. The summed E-state index contributed by atoms with van der Waals surface area (Å²) in [5.41, 5.74) is 4.10. The van der Waals surface area contributed by atoms with Gasteiger partial charge in [-0.15, -0.1) is 0 Å². The molecule has 1 heterocycles. The van der Waals surface area contributed by atoms with Gasteiger partial charge in [-0.2, -0.15) is 0 Å². The molecule has 0 aliphatic rings. The Bertz CT molecular complexity index is 1220. The Kier molecular flexibility index (Phi) is 7.33. The van der Waals surface area contributed by atoms with Crippen LogP contribution in [0.4, 0.5) is 10.2 Å². The number of benzene rings is 3. The molecule has 0 radical (unpaired) electrons. The van der Waals surface area contributed by atoms with Gasteiger partial charge in [-0.05, 0) is 54.3 Å². The summed E-state index contributed by atoms with van der Waals surface area (Å²) in [7, 11) is 0. The first-order valence-electron chi connectivity index (χ1n) is 10.9. The van der Waals surface area contributed by atoms with E-state index < -0.39 is 0 Å². The Morgan fingerprint density at radius 3 is 2.30 bits per heavy atom. The van der Waals surface area contributed by atoms with Crippen LogP contribution in [0.25, 0.3) is 23.4 Å². The van der Waals surface area contributed by atoms with E-state index in [2.05, 4.69) is 27.4 Å². The van der Waals surface area contributed by atoms with Crippen LogP contribution in [0.1, 0.15) is 29.7 Å². The maximum atomic E-state index is 13.3. The highest BCUT2D eigenvalue weighted by atomic mass is 19.1. The molecule has 0 spiro atoms. The minimum absolute atomic E-state index is 0.107. The zero-order valence-corrected chi connectivity index (χ0v) is 18.1. The van der Waals surface area contributed by atoms with Gasteiger partial charge in [-0.3, -0.25) is 4.79 Å². The number of nitrogens with zero attached hydrogens (tertiary/aromatic N) is 2. The zero-order valence-electron chi connectivity index (χ0n) is 18.1. The summed E-state index contributed by atoms with van der Waals surface area (Å²) in [4.78, 5) is 21.7. The fourth-order valence-electron chi connectivity index (χ4n) is 3.41. The van der Waals surface area contributed by atoms with Crippen LogP contribution in [-0.4, -0.2) is 15.9 Å². The molecule has 5 heteroatoms. The molecule has 164 valence electrons. The van der Waals surface area contributed by atoms with Crippen LogP contribution < -0.4 is 5.32 Å². The molecule has 1 amide bonds. The molecule has 0 aliphatic heterocycles. The second-order valence-corrected chi connectivity index (χ2v) is 7.63. The number of halogens is 1. The molecular formula is C28H24FN3O. The number of carbonyl (C=O) groups excluding carboxylic acids is 1. The summed E-state index contributed by atoms with van der Waals surface area (Å²) in [6.07, 6.45) is 7.31. The summed E-state index contributed by atoms with van der Waals surface area (Å²) < 4.78 is 13.3. The molecule has 0 unspecified atom stereocenters. The summed E-state index contributed by atoms with van der Waals surface area (Å²) in [6, 6.07) is 26.0. The Labute approximate surface area is 192 Å². The van der Waals surface area contributed by atoms with Crippen molar-refractivity contribution in [1.29, 1.82) is 0 Å². The van der Waals surface area contributed by atoms with E-state index in [9.17, 15) is 9.18 Å². The molecule has 3 aromatic carbocycles. The fourth-order valence-corrected chi connectivity index (χ4v) is 3.41. The molecule has 0 atom stereocenters. The molecule has 0 bridgehead atoms. The van der Waals surface area contributed by atoms with Gasteiger partial charge in [-0.1, -0.05) is 66.7 Å². The van der Waals surface area contributed by atoms with Gasteiger partial charge in [0, 0.05) is 12.0 Å². The first kappa shape index (κ1) is 22.1. The Hall–Kier alpha value is -4.12. The monoisotopic (exact) mass is 437 g/mol. The molecule has 1 N–H and O–H groups in total. The number of anilines is 1. The van der Waals surface area contributed by atoms with Gasteiger partial charge >= 0.3 is 0 Å². The number of hydrogen-bond acceptors (Lipinski definition) is 3. The average Bonchev–Trinajstić information content (AvgIpc) is 2.85. The molecule has 0 aliphatic carbocycles. The lowest BCUT2D eigenvalue weighted by Gasteiger charge is -2.10. The van der Waals surface area contributed by atoms with Crippen molar-refractivity contribution in [2.75, 3.05) is 5.32 Å². The Balaban J connectivity index is 1.51. The SMILES string of the molecule is O=C(CCCc1ccccc1)Nc1ncc(-c2ccc(F)cc2)nc1C=Cc1ccccc1. The first-order chi connectivity index (χ1) is 16.2. The van der Waals surface area contributed by atoms with Gasteiger partial charge in [0.1, 0.15) is 11.5 Å². The minimum atomic E-state index is -0.310. The number of nitrogens with one attached hydrogen (secondary N) is 1. The standard InChI is InChI=1S/C28H24FN3O/c29-24-17-15-23(16-18-24)26-20-30-28(25(31-26)19-14-22-10-5-2-6-11-22)32-27(33)13-7-12-21-8-3-1-4-9-21/h1-6,8-11,14-20H,7,12-13H2,(H,30,32,33). The molecule has 0 saturated carbocycles. The number of carbonyl (C=O) groups is 1. The molecule has 33 heavy (non-hydrogen) atoms. The summed E-state index contributed by atoms with van der Waals surface area (Å²) in [6.45, 7) is 0. The van der Waals surface area contributed by atoms with Gasteiger partial charge in [0.05, 0.1) is 11.9 Å². The summed E-state index contributed by atoms with van der Waals surface area (Å²) >= 11 is 0. The van der Waals surface area contributed by atoms with Crippen LogP contribution in [0.5, 0.6) is 0 Å². The van der Waals surface area contributed by atoms with Crippen molar-refractivity contribution in [3.05, 3.63) is 114 Å². The van der Waals surface area contributed by atoms with E-state index in [1.807, 2.05) is 60.7 Å². The first-order valence-corrected chi connectivity index (χ1v) is 10.9. The van der Waals surface area contributed by atoms with Crippen molar-refractivity contribution in [3.8, 4) is 11.3 Å². The third kappa shape index (κ3) is 6.43. The third-order valence-electron chi connectivity index (χ3n) is 5.14. The maximum Gasteiger partial charge on any atom is 0.225 e. The third-order valence-corrected chi connectivity index (χ3v) is 5.14. The average molecular weight is 438 g/mol. The van der Waals surface area contributed by atoms with E-state index in [1.165, 1.54) is 17.7 Å². The van der Waals surface area contributed by atoms with E-state index in [-0.39, 0.29) is 11.7 Å². The fraction of sp³-hybridized carbons (Fsp3) is 0.107. The molecule has 1 aromatic heterocycles. The van der Waals surface area contributed by atoms with Gasteiger partial charge in [0.25, 0.3) is 0 Å². The van der Waals surface area contributed by atoms with Crippen molar-refractivity contribution in [2.45, 2.75) is 19.3 Å². The molecule has 4 aromatic rings. The highest BCUT2D eigenvalue weighted by Crippen LogP contribution is 2.22. The van der Waals surface area contributed by atoms with Gasteiger partial charge in [-0.25, -0.2) is 14.4 Å². The maximum absolute atomic E-state index is 13.3. The van der Waals surface area contributed by atoms with Gasteiger partial charge < -0.3 is 5.32 Å². The van der Waals surface area contributed by atoms with E-state index >= 15 is 0 Å². The van der Waals surface area contributed by atoms with Crippen molar-refractivity contribution in [3.63, 3.8) is 0 Å². The van der Waals surface area contributed by atoms with Crippen molar-refractivity contribution in [1.82, 2.24) is 9.97 Å². The largest absolute Gasteiger partial charge is 0.309 e. The zero-order chi connectivity index (χ0) is 22.9. The second-order valence-electron chi connectivity index (χ2n) is 7.63. The number of aryl methyl sites for hydroxylation is 1. The van der Waals surface area contributed by atoms with E-state index in [0.717, 1.165) is 24.0 Å². The van der Waals surface area contributed by atoms with Gasteiger partial charge in [0.15, 0.2) is 5.82 Å². The molecule has 4 nitrogen and oxygen atoms in total. The van der Waals surface area contributed by atoms with E-state index in [1.54, 1.807) is 18.3 Å². The number of hydrogen-bond donors (Lipinski definition) is 1. The number of amides is 1. The topological polar surface area (TPSA) is 54.9 Å².